The molecule has 0 aliphatic rings. The van der Waals surface area contributed by atoms with Crippen molar-refractivity contribution >= 4 is 27.3 Å². The minimum atomic E-state index is 0.553. The summed E-state index contributed by atoms with van der Waals surface area (Å²) in [4.78, 5) is 3.47. The largest absolute Gasteiger partial charge is 0.146 e. The SMILES string of the molecule is CCCC(CCC)C(Br)c1cc(C)sc1C. The van der Waals surface area contributed by atoms with Crippen LogP contribution in [0.15, 0.2) is 6.07 Å². The highest BCUT2D eigenvalue weighted by Gasteiger charge is 2.21. The number of hydrogen-bond acceptors (Lipinski definition) is 1. The molecule has 1 heterocycles. The third-order valence-corrected chi connectivity index (χ3v) is 5.33. The van der Waals surface area contributed by atoms with E-state index in [0.29, 0.717) is 4.83 Å². The van der Waals surface area contributed by atoms with Gasteiger partial charge in [0.2, 0.25) is 0 Å². The lowest BCUT2D eigenvalue weighted by molar-refractivity contribution is 0.435. The predicted molar refractivity (Wildman–Crippen MR) is 78.8 cm³/mol. The van der Waals surface area contributed by atoms with Crippen molar-refractivity contribution in [2.75, 3.05) is 0 Å². The minimum Gasteiger partial charge on any atom is -0.146 e. The average Bonchev–Trinajstić information content (AvgIpc) is 2.56. The molecule has 1 atom stereocenters. The summed E-state index contributed by atoms with van der Waals surface area (Å²) in [6, 6.07) is 2.36. The van der Waals surface area contributed by atoms with Gasteiger partial charge < -0.3 is 0 Å². The van der Waals surface area contributed by atoms with E-state index in [1.165, 1.54) is 41.0 Å². The third-order valence-electron chi connectivity index (χ3n) is 3.11. The summed E-state index contributed by atoms with van der Waals surface area (Å²) < 4.78 is 0. The lowest BCUT2D eigenvalue weighted by Gasteiger charge is -2.22. The zero-order valence-electron chi connectivity index (χ0n) is 10.8. The van der Waals surface area contributed by atoms with Gasteiger partial charge in [-0.2, -0.15) is 0 Å². The topological polar surface area (TPSA) is 0 Å². The monoisotopic (exact) mass is 302 g/mol. The Balaban J connectivity index is 2.80. The minimum absolute atomic E-state index is 0.553. The van der Waals surface area contributed by atoms with E-state index >= 15 is 0 Å². The summed E-state index contributed by atoms with van der Waals surface area (Å²) in [6.45, 7) is 9.02. The van der Waals surface area contributed by atoms with E-state index in [1.807, 2.05) is 11.3 Å². The summed E-state index contributed by atoms with van der Waals surface area (Å²) in [5, 5.41) is 0. The first-order chi connectivity index (χ1) is 7.60. The highest BCUT2D eigenvalue weighted by atomic mass is 79.9. The molecule has 16 heavy (non-hydrogen) atoms. The van der Waals surface area contributed by atoms with Crippen LogP contribution in [0.2, 0.25) is 0 Å². The normalized spacial score (nSPS) is 13.4. The molecule has 0 aliphatic heterocycles. The highest BCUT2D eigenvalue weighted by Crippen LogP contribution is 2.40. The van der Waals surface area contributed by atoms with Crippen molar-refractivity contribution in [3.63, 3.8) is 0 Å². The van der Waals surface area contributed by atoms with Crippen molar-refractivity contribution in [2.24, 2.45) is 5.92 Å². The second-order valence-corrected chi connectivity index (χ2v) is 7.05. The van der Waals surface area contributed by atoms with Crippen LogP contribution in [-0.4, -0.2) is 0 Å². The van der Waals surface area contributed by atoms with Crippen LogP contribution < -0.4 is 0 Å². The van der Waals surface area contributed by atoms with Gasteiger partial charge in [-0.15, -0.1) is 11.3 Å². The lowest BCUT2D eigenvalue weighted by Crippen LogP contribution is -2.07. The van der Waals surface area contributed by atoms with Gasteiger partial charge in [0.1, 0.15) is 0 Å². The van der Waals surface area contributed by atoms with Crippen molar-refractivity contribution in [2.45, 2.75) is 58.2 Å². The van der Waals surface area contributed by atoms with Gasteiger partial charge in [0.05, 0.1) is 0 Å². The zero-order chi connectivity index (χ0) is 12.1. The summed E-state index contributed by atoms with van der Waals surface area (Å²) in [5.74, 6) is 0.794. The first-order valence-electron chi connectivity index (χ1n) is 6.31. The van der Waals surface area contributed by atoms with Gasteiger partial charge >= 0.3 is 0 Å². The van der Waals surface area contributed by atoms with Gasteiger partial charge in [-0.3, -0.25) is 0 Å². The maximum atomic E-state index is 3.93. The van der Waals surface area contributed by atoms with Crippen LogP contribution >= 0.6 is 27.3 Å². The Morgan fingerprint density at radius 2 is 1.75 bits per heavy atom. The summed E-state index contributed by atoms with van der Waals surface area (Å²) >= 11 is 5.85. The van der Waals surface area contributed by atoms with E-state index in [4.69, 9.17) is 0 Å². The first-order valence-corrected chi connectivity index (χ1v) is 8.04. The number of halogens is 1. The molecule has 0 aliphatic carbocycles. The van der Waals surface area contributed by atoms with Crippen molar-refractivity contribution in [3.8, 4) is 0 Å². The summed E-state index contributed by atoms with van der Waals surface area (Å²) in [5.41, 5.74) is 1.52. The van der Waals surface area contributed by atoms with E-state index in [9.17, 15) is 0 Å². The standard InChI is InChI=1S/C14H23BrS/c1-5-7-12(8-6-2)14(15)13-9-10(3)16-11(13)4/h9,12,14H,5-8H2,1-4H3. The van der Waals surface area contributed by atoms with Crippen LogP contribution in [0.5, 0.6) is 0 Å². The Morgan fingerprint density at radius 3 is 2.12 bits per heavy atom. The lowest BCUT2D eigenvalue weighted by atomic mass is 9.91. The van der Waals surface area contributed by atoms with Crippen molar-refractivity contribution in [1.82, 2.24) is 0 Å². The molecular formula is C14H23BrS. The molecule has 0 fully saturated rings. The van der Waals surface area contributed by atoms with Crippen LogP contribution in [-0.2, 0) is 0 Å². The predicted octanol–water partition coefficient (Wildman–Crippen LogP) is 6.02. The van der Waals surface area contributed by atoms with Gasteiger partial charge in [0, 0.05) is 14.6 Å². The molecule has 0 radical (unpaired) electrons. The fourth-order valence-corrected chi connectivity index (χ4v) is 4.49. The fraction of sp³-hybridized carbons (Fsp3) is 0.714. The molecule has 92 valence electrons. The molecule has 0 bridgehead atoms. The van der Waals surface area contributed by atoms with E-state index in [-0.39, 0.29) is 0 Å². The molecule has 1 aromatic heterocycles. The number of aryl methyl sites for hydroxylation is 2. The van der Waals surface area contributed by atoms with Gasteiger partial charge in [0.15, 0.2) is 0 Å². The van der Waals surface area contributed by atoms with Crippen molar-refractivity contribution < 1.29 is 0 Å². The smallest absolute Gasteiger partial charge is 0.0434 e. The molecule has 0 N–H and O–H groups in total. The maximum Gasteiger partial charge on any atom is 0.0434 e. The van der Waals surface area contributed by atoms with Gasteiger partial charge in [0.25, 0.3) is 0 Å². The summed E-state index contributed by atoms with van der Waals surface area (Å²) in [7, 11) is 0. The van der Waals surface area contributed by atoms with Crippen molar-refractivity contribution in [3.05, 3.63) is 21.4 Å². The molecule has 1 unspecified atom stereocenters. The number of alkyl halides is 1. The van der Waals surface area contributed by atoms with Gasteiger partial charge in [-0.05, 0) is 44.2 Å². The number of rotatable bonds is 6. The Labute approximate surface area is 113 Å². The molecule has 0 amide bonds. The van der Waals surface area contributed by atoms with Gasteiger partial charge in [-0.1, -0.05) is 42.6 Å². The Hall–Kier alpha value is 0.180. The van der Waals surface area contributed by atoms with Crippen molar-refractivity contribution in [1.29, 1.82) is 0 Å². The second-order valence-electron chi connectivity index (χ2n) is 4.61. The molecule has 0 saturated carbocycles. The molecule has 2 heteroatoms. The number of hydrogen-bond donors (Lipinski definition) is 0. The molecular weight excluding hydrogens is 280 g/mol. The molecule has 0 nitrogen and oxygen atoms in total. The molecule has 0 aromatic carbocycles. The maximum absolute atomic E-state index is 3.93. The van der Waals surface area contributed by atoms with Crippen LogP contribution in [0.1, 0.15) is 59.7 Å². The van der Waals surface area contributed by atoms with Crippen LogP contribution in [0.25, 0.3) is 0 Å². The fourth-order valence-electron chi connectivity index (χ4n) is 2.36. The van der Waals surface area contributed by atoms with Crippen LogP contribution in [0.4, 0.5) is 0 Å². The first kappa shape index (κ1) is 14.2. The quantitative estimate of drug-likeness (QED) is 0.564. The Kier molecular flexibility index (Phi) is 6.06. The molecule has 1 rings (SSSR count). The average molecular weight is 303 g/mol. The highest BCUT2D eigenvalue weighted by molar-refractivity contribution is 9.09. The summed E-state index contributed by atoms with van der Waals surface area (Å²) in [6.07, 6.45) is 5.24. The molecule has 0 spiro atoms. The van der Waals surface area contributed by atoms with Gasteiger partial charge in [-0.25, -0.2) is 0 Å². The van der Waals surface area contributed by atoms with E-state index < -0.39 is 0 Å². The van der Waals surface area contributed by atoms with E-state index in [0.717, 1.165) is 5.92 Å². The molecule has 1 aromatic rings. The Morgan fingerprint density at radius 1 is 1.19 bits per heavy atom. The third kappa shape index (κ3) is 3.59. The number of thiophene rings is 1. The Bertz CT molecular complexity index is 311. The van der Waals surface area contributed by atoms with Crippen LogP contribution in [0, 0.1) is 19.8 Å². The van der Waals surface area contributed by atoms with E-state index in [2.05, 4.69) is 49.7 Å². The van der Waals surface area contributed by atoms with E-state index in [1.54, 1.807) is 0 Å². The zero-order valence-corrected chi connectivity index (χ0v) is 13.2. The van der Waals surface area contributed by atoms with Crippen LogP contribution in [0.3, 0.4) is 0 Å². The molecule has 0 saturated heterocycles. The second kappa shape index (κ2) is 6.80.